The van der Waals surface area contributed by atoms with Gasteiger partial charge in [-0.15, -0.1) is 0 Å². The molecule has 0 radical (unpaired) electrons. The van der Waals surface area contributed by atoms with Crippen molar-refractivity contribution in [1.82, 2.24) is 5.32 Å². The zero-order valence-electron chi connectivity index (χ0n) is 11.6. The van der Waals surface area contributed by atoms with E-state index in [0.717, 1.165) is 4.47 Å². The first-order valence-corrected chi connectivity index (χ1v) is 7.36. The third-order valence-corrected chi connectivity index (χ3v) is 3.49. The first-order chi connectivity index (χ1) is 9.35. The van der Waals surface area contributed by atoms with Gasteiger partial charge in [-0.2, -0.15) is 0 Å². The summed E-state index contributed by atoms with van der Waals surface area (Å²) in [7, 11) is 1.30. The van der Waals surface area contributed by atoms with Gasteiger partial charge in [-0.05, 0) is 30.5 Å². The first kappa shape index (κ1) is 17.0. The lowest BCUT2D eigenvalue weighted by molar-refractivity contribution is -0.143. The van der Waals surface area contributed by atoms with Crippen LogP contribution in [-0.4, -0.2) is 25.0 Å². The summed E-state index contributed by atoms with van der Waals surface area (Å²) in [5.74, 6) is -0.608. The summed E-state index contributed by atoms with van der Waals surface area (Å²) in [6, 6.07) is 4.30. The quantitative estimate of drug-likeness (QED) is 0.817. The van der Waals surface area contributed by atoms with Gasteiger partial charge in [-0.25, -0.2) is 4.79 Å². The Morgan fingerprint density at radius 1 is 1.40 bits per heavy atom. The predicted molar refractivity (Wildman–Crippen MR) is 81.9 cm³/mol. The molecule has 0 saturated heterocycles. The van der Waals surface area contributed by atoms with Gasteiger partial charge in [0.15, 0.2) is 0 Å². The molecule has 0 aliphatic carbocycles. The van der Waals surface area contributed by atoms with Gasteiger partial charge in [-0.1, -0.05) is 41.4 Å². The smallest absolute Gasteiger partial charge is 0.328 e. The Bertz CT molecular complexity index is 505. The molecule has 1 amide bonds. The van der Waals surface area contributed by atoms with Crippen LogP contribution in [0.15, 0.2) is 22.7 Å². The van der Waals surface area contributed by atoms with Gasteiger partial charge in [0, 0.05) is 4.47 Å². The van der Waals surface area contributed by atoms with Gasteiger partial charge in [0.25, 0.3) is 5.91 Å². The SMILES string of the molecule is COC(=O)C(CC(C)C)NC(=O)c1cc(Br)ccc1Cl. The van der Waals surface area contributed by atoms with Crippen molar-refractivity contribution < 1.29 is 14.3 Å². The van der Waals surface area contributed by atoms with Crippen LogP contribution < -0.4 is 5.32 Å². The molecule has 6 heteroatoms. The Morgan fingerprint density at radius 3 is 2.60 bits per heavy atom. The fourth-order valence-electron chi connectivity index (χ4n) is 1.74. The minimum absolute atomic E-state index is 0.248. The molecule has 20 heavy (non-hydrogen) atoms. The molecule has 1 rings (SSSR count). The van der Waals surface area contributed by atoms with E-state index in [9.17, 15) is 9.59 Å². The van der Waals surface area contributed by atoms with Gasteiger partial charge in [0.1, 0.15) is 6.04 Å². The zero-order valence-corrected chi connectivity index (χ0v) is 13.9. The molecule has 1 aromatic carbocycles. The second-order valence-electron chi connectivity index (χ2n) is 4.80. The Kier molecular flexibility index (Phi) is 6.49. The van der Waals surface area contributed by atoms with Gasteiger partial charge in [-0.3, -0.25) is 4.79 Å². The Labute approximate surface area is 132 Å². The molecule has 0 saturated carbocycles. The molecule has 0 bridgehead atoms. The monoisotopic (exact) mass is 361 g/mol. The molecule has 110 valence electrons. The van der Waals surface area contributed by atoms with Crippen molar-refractivity contribution in [1.29, 1.82) is 0 Å². The van der Waals surface area contributed by atoms with Crippen molar-refractivity contribution >= 4 is 39.4 Å². The number of amides is 1. The number of esters is 1. The third-order valence-electron chi connectivity index (χ3n) is 2.67. The van der Waals surface area contributed by atoms with Crippen molar-refractivity contribution in [3.63, 3.8) is 0 Å². The molecule has 0 aromatic heterocycles. The second kappa shape index (κ2) is 7.64. The number of hydrogen-bond acceptors (Lipinski definition) is 3. The van der Waals surface area contributed by atoms with Gasteiger partial charge >= 0.3 is 5.97 Å². The number of benzene rings is 1. The number of nitrogens with one attached hydrogen (secondary N) is 1. The standard InChI is InChI=1S/C14H17BrClNO3/c1-8(2)6-12(14(19)20-3)17-13(18)10-7-9(15)4-5-11(10)16/h4-5,7-8,12H,6H2,1-3H3,(H,17,18). The van der Waals surface area contributed by atoms with Crippen molar-refractivity contribution in [3.05, 3.63) is 33.3 Å². The predicted octanol–water partition coefficient (Wildman–Crippen LogP) is 3.42. The Balaban J connectivity index is 2.90. The molecule has 1 N–H and O–H groups in total. The van der Waals surface area contributed by atoms with E-state index in [0.29, 0.717) is 17.0 Å². The van der Waals surface area contributed by atoms with Crippen LogP contribution in [0, 0.1) is 5.92 Å². The maximum atomic E-state index is 12.2. The van der Waals surface area contributed by atoms with Crippen molar-refractivity contribution in [2.24, 2.45) is 5.92 Å². The van der Waals surface area contributed by atoms with Crippen LogP contribution in [0.4, 0.5) is 0 Å². The number of hydrogen-bond donors (Lipinski definition) is 1. The minimum Gasteiger partial charge on any atom is -0.467 e. The minimum atomic E-state index is -0.678. The molecule has 0 aliphatic rings. The topological polar surface area (TPSA) is 55.4 Å². The van der Waals surface area contributed by atoms with Gasteiger partial charge < -0.3 is 10.1 Å². The lowest BCUT2D eigenvalue weighted by Crippen LogP contribution is -2.42. The molecular weight excluding hydrogens is 346 g/mol. The van der Waals surface area contributed by atoms with Gasteiger partial charge in [0.05, 0.1) is 17.7 Å². The zero-order chi connectivity index (χ0) is 15.3. The maximum absolute atomic E-state index is 12.2. The van der Waals surface area contributed by atoms with Crippen molar-refractivity contribution in [2.75, 3.05) is 7.11 Å². The third kappa shape index (κ3) is 4.80. The number of carbonyl (C=O) groups is 2. The number of halogens is 2. The normalized spacial score (nSPS) is 12.1. The van der Waals surface area contributed by atoms with Crippen LogP contribution in [0.25, 0.3) is 0 Å². The van der Waals surface area contributed by atoms with E-state index in [2.05, 4.69) is 21.2 Å². The lowest BCUT2D eigenvalue weighted by atomic mass is 10.0. The summed E-state index contributed by atoms with van der Waals surface area (Å²) in [6.45, 7) is 3.93. The molecule has 0 heterocycles. The van der Waals surface area contributed by atoms with Crippen LogP contribution in [0.2, 0.25) is 5.02 Å². The molecule has 1 unspecified atom stereocenters. The average Bonchev–Trinajstić information content (AvgIpc) is 2.39. The molecular formula is C14H17BrClNO3. The summed E-state index contributed by atoms with van der Waals surface area (Å²) < 4.78 is 5.45. The summed E-state index contributed by atoms with van der Waals surface area (Å²) in [6.07, 6.45) is 0.504. The van der Waals surface area contributed by atoms with Crippen LogP contribution in [0.1, 0.15) is 30.6 Å². The summed E-state index contributed by atoms with van der Waals surface area (Å²) >= 11 is 9.28. The van der Waals surface area contributed by atoms with Gasteiger partial charge in [0.2, 0.25) is 0 Å². The first-order valence-electron chi connectivity index (χ1n) is 6.19. The van der Waals surface area contributed by atoms with Crippen LogP contribution in [0.5, 0.6) is 0 Å². The Hall–Kier alpha value is -1.07. The highest BCUT2D eigenvalue weighted by Gasteiger charge is 2.24. The highest BCUT2D eigenvalue weighted by Crippen LogP contribution is 2.21. The largest absolute Gasteiger partial charge is 0.467 e. The second-order valence-corrected chi connectivity index (χ2v) is 6.13. The van der Waals surface area contributed by atoms with Crippen molar-refractivity contribution in [3.8, 4) is 0 Å². The van der Waals surface area contributed by atoms with Crippen molar-refractivity contribution in [2.45, 2.75) is 26.3 Å². The summed E-state index contributed by atoms with van der Waals surface area (Å²) in [5, 5.41) is 3.00. The fourth-order valence-corrected chi connectivity index (χ4v) is 2.30. The van der Waals surface area contributed by atoms with Crippen LogP contribution >= 0.6 is 27.5 Å². The number of ether oxygens (including phenoxy) is 1. The molecule has 0 aliphatic heterocycles. The maximum Gasteiger partial charge on any atom is 0.328 e. The highest BCUT2D eigenvalue weighted by atomic mass is 79.9. The highest BCUT2D eigenvalue weighted by molar-refractivity contribution is 9.10. The number of carbonyl (C=O) groups excluding carboxylic acids is 2. The van der Waals surface area contributed by atoms with Crippen LogP contribution in [0.3, 0.4) is 0 Å². The lowest BCUT2D eigenvalue weighted by Gasteiger charge is -2.18. The van der Waals surface area contributed by atoms with E-state index in [1.54, 1.807) is 18.2 Å². The summed E-state index contributed by atoms with van der Waals surface area (Å²) in [5.41, 5.74) is 0.318. The van der Waals surface area contributed by atoms with E-state index in [1.165, 1.54) is 7.11 Å². The van der Waals surface area contributed by atoms with E-state index >= 15 is 0 Å². The van der Waals surface area contributed by atoms with Crippen LogP contribution in [-0.2, 0) is 9.53 Å². The molecule has 1 atom stereocenters. The van der Waals surface area contributed by atoms with E-state index < -0.39 is 17.9 Å². The summed E-state index contributed by atoms with van der Waals surface area (Å²) in [4.78, 5) is 23.9. The molecule has 0 fully saturated rings. The number of methoxy groups -OCH3 is 1. The fraction of sp³-hybridized carbons (Fsp3) is 0.429. The van der Waals surface area contributed by atoms with E-state index in [1.807, 2.05) is 13.8 Å². The molecule has 0 spiro atoms. The number of rotatable bonds is 5. The van der Waals surface area contributed by atoms with E-state index in [4.69, 9.17) is 16.3 Å². The molecule has 1 aromatic rings. The molecule has 4 nitrogen and oxygen atoms in total. The average molecular weight is 363 g/mol. The Morgan fingerprint density at radius 2 is 2.05 bits per heavy atom. The van der Waals surface area contributed by atoms with E-state index in [-0.39, 0.29) is 5.92 Å².